The predicted octanol–water partition coefficient (Wildman–Crippen LogP) is 3.10. The van der Waals surface area contributed by atoms with Gasteiger partial charge in [-0.25, -0.2) is 4.98 Å². The van der Waals surface area contributed by atoms with Crippen LogP contribution in [0, 0.1) is 0 Å². The van der Waals surface area contributed by atoms with Gasteiger partial charge in [-0.2, -0.15) is 0 Å². The van der Waals surface area contributed by atoms with Crippen LogP contribution < -0.4 is 4.90 Å². The summed E-state index contributed by atoms with van der Waals surface area (Å²) in [7, 11) is 2.03. The second kappa shape index (κ2) is 6.83. The number of benzene rings is 2. The Morgan fingerprint density at radius 2 is 1.77 bits per heavy atom. The summed E-state index contributed by atoms with van der Waals surface area (Å²) in [5.41, 5.74) is 3.93. The first kappa shape index (κ1) is 16.6. The predicted molar refractivity (Wildman–Crippen MR) is 105 cm³/mol. The molecule has 1 aromatic heterocycles. The summed E-state index contributed by atoms with van der Waals surface area (Å²) < 4.78 is 2.10. The average Bonchev–Trinajstić information content (AvgIpc) is 3.03. The van der Waals surface area contributed by atoms with Crippen molar-refractivity contribution in [2.75, 3.05) is 31.1 Å². The van der Waals surface area contributed by atoms with Crippen molar-refractivity contribution in [3.05, 3.63) is 59.9 Å². The van der Waals surface area contributed by atoms with Crippen molar-refractivity contribution in [2.24, 2.45) is 7.05 Å². The van der Waals surface area contributed by atoms with Crippen LogP contribution in [0.15, 0.2) is 48.5 Å². The zero-order valence-corrected chi connectivity index (χ0v) is 15.4. The van der Waals surface area contributed by atoms with E-state index in [2.05, 4.69) is 45.6 Å². The van der Waals surface area contributed by atoms with Gasteiger partial charge in [-0.1, -0.05) is 25.1 Å². The molecular weight excluding hydrogens is 324 g/mol. The first-order valence-electron chi connectivity index (χ1n) is 9.22. The molecule has 0 bridgehead atoms. The number of carbonyl (C=O) groups is 1. The standard InChI is InChI=1S/C21H24N4O/c1-3-20-22-18-15-16(9-10-19(18)23(20)2)21(26)25-13-11-24(12-14-25)17-7-5-4-6-8-17/h4-10,15H,3,11-14H2,1-2H3. The Balaban J connectivity index is 1.49. The van der Waals surface area contributed by atoms with Crippen LogP contribution in [-0.2, 0) is 13.5 Å². The molecule has 2 heterocycles. The molecule has 1 saturated heterocycles. The van der Waals surface area contributed by atoms with E-state index in [1.54, 1.807) is 0 Å². The molecule has 1 aliphatic rings. The van der Waals surface area contributed by atoms with Gasteiger partial charge in [0, 0.05) is 50.9 Å². The summed E-state index contributed by atoms with van der Waals surface area (Å²) >= 11 is 0. The van der Waals surface area contributed by atoms with E-state index in [9.17, 15) is 4.79 Å². The highest BCUT2D eigenvalue weighted by Crippen LogP contribution is 2.20. The summed E-state index contributed by atoms with van der Waals surface area (Å²) in [4.78, 5) is 21.9. The van der Waals surface area contributed by atoms with Gasteiger partial charge in [-0.15, -0.1) is 0 Å². The highest BCUT2D eigenvalue weighted by molar-refractivity contribution is 5.97. The third-order valence-corrected chi connectivity index (χ3v) is 5.22. The molecule has 0 spiro atoms. The normalized spacial score (nSPS) is 14.8. The number of amides is 1. The maximum atomic E-state index is 12.9. The topological polar surface area (TPSA) is 41.4 Å². The van der Waals surface area contributed by atoms with Crippen LogP contribution >= 0.6 is 0 Å². The first-order chi connectivity index (χ1) is 12.7. The zero-order chi connectivity index (χ0) is 18.1. The van der Waals surface area contributed by atoms with E-state index in [1.807, 2.05) is 36.2 Å². The van der Waals surface area contributed by atoms with Crippen LogP contribution in [0.5, 0.6) is 0 Å². The van der Waals surface area contributed by atoms with Gasteiger partial charge in [-0.05, 0) is 30.3 Å². The number of imidazole rings is 1. The maximum Gasteiger partial charge on any atom is 0.254 e. The molecule has 0 saturated carbocycles. The van der Waals surface area contributed by atoms with Gasteiger partial charge >= 0.3 is 0 Å². The summed E-state index contributed by atoms with van der Waals surface area (Å²) in [5, 5.41) is 0. The van der Waals surface area contributed by atoms with E-state index < -0.39 is 0 Å². The molecule has 0 unspecified atom stereocenters. The second-order valence-electron chi connectivity index (χ2n) is 6.76. The van der Waals surface area contributed by atoms with Gasteiger partial charge in [0.25, 0.3) is 5.91 Å². The lowest BCUT2D eigenvalue weighted by Gasteiger charge is -2.36. The summed E-state index contributed by atoms with van der Waals surface area (Å²) in [6.45, 7) is 5.31. The lowest BCUT2D eigenvalue weighted by Crippen LogP contribution is -2.48. The number of rotatable bonds is 3. The molecule has 1 aliphatic heterocycles. The van der Waals surface area contributed by atoms with Crippen molar-refractivity contribution in [3.63, 3.8) is 0 Å². The molecule has 0 radical (unpaired) electrons. The zero-order valence-electron chi connectivity index (χ0n) is 15.4. The fourth-order valence-electron chi connectivity index (χ4n) is 3.69. The highest BCUT2D eigenvalue weighted by Gasteiger charge is 2.23. The molecule has 1 fully saturated rings. The number of nitrogens with zero attached hydrogens (tertiary/aromatic N) is 4. The Hall–Kier alpha value is -2.82. The van der Waals surface area contributed by atoms with Crippen LogP contribution in [0.4, 0.5) is 5.69 Å². The quantitative estimate of drug-likeness (QED) is 0.730. The molecule has 0 aliphatic carbocycles. The molecule has 2 aromatic carbocycles. The van der Waals surface area contributed by atoms with E-state index in [1.165, 1.54) is 5.69 Å². The second-order valence-corrected chi connectivity index (χ2v) is 6.76. The highest BCUT2D eigenvalue weighted by atomic mass is 16.2. The number of hydrogen-bond acceptors (Lipinski definition) is 3. The Kier molecular flexibility index (Phi) is 4.37. The van der Waals surface area contributed by atoms with Crippen molar-refractivity contribution >= 4 is 22.6 Å². The third-order valence-electron chi connectivity index (χ3n) is 5.22. The van der Waals surface area contributed by atoms with Crippen molar-refractivity contribution in [1.82, 2.24) is 14.5 Å². The van der Waals surface area contributed by atoms with Crippen LogP contribution in [0.1, 0.15) is 23.1 Å². The number of piperazine rings is 1. The van der Waals surface area contributed by atoms with E-state index in [-0.39, 0.29) is 5.91 Å². The van der Waals surface area contributed by atoms with E-state index in [4.69, 9.17) is 0 Å². The van der Waals surface area contributed by atoms with Crippen LogP contribution in [0.3, 0.4) is 0 Å². The molecule has 0 N–H and O–H groups in total. The number of anilines is 1. The minimum atomic E-state index is 0.100. The van der Waals surface area contributed by atoms with Crippen molar-refractivity contribution in [1.29, 1.82) is 0 Å². The molecule has 134 valence electrons. The Morgan fingerprint density at radius 1 is 1.04 bits per heavy atom. The van der Waals surface area contributed by atoms with Gasteiger partial charge in [-0.3, -0.25) is 4.79 Å². The SMILES string of the molecule is CCc1nc2cc(C(=O)N3CCN(c4ccccc4)CC3)ccc2n1C. The number of hydrogen-bond donors (Lipinski definition) is 0. The van der Waals surface area contributed by atoms with Gasteiger partial charge in [0.05, 0.1) is 11.0 Å². The Bertz CT molecular complexity index is 924. The Labute approximate surface area is 153 Å². The number of aryl methyl sites for hydroxylation is 2. The third kappa shape index (κ3) is 2.94. The number of para-hydroxylation sites is 1. The number of fused-ring (bicyclic) bond motifs is 1. The first-order valence-corrected chi connectivity index (χ1v) is 9.22. The monoisotopic (exact) mass is 348 g/mol. The fraction of sp³-hybridized carbons (Fsp3) is 0.333. The molecule has 0 atom stereocenters. The molecule has 1 amide bonds. The van der Waals surface area contributed by atoms with Crippen molar-refractivity contribution in [3.8, 4) is 0 Å². The van der Waals surface area contributed by atoms with E-state index in [0.717, 1.165) is 55.0 Å². The van der Waals surface area contributed by atoms with Crippen molar-refractivity contribution in [2.45, 2.75) is 13.3 Å². The van der Waals surface area contributed by atoms with Gasteiger partial charge < -0.3 is 14.4 Å². The molecule has 5 nitrogen and oxygen atoms in total. The maximum absolute atomic E-state index is 12.9. The summed E-state index contributed by atoms with van der Waals surface area (Å²) in [5.74, 6) is 1.14. The van der Waals surface area contributed by atoms with E-state index >= 15 is 0 Å². The van der Waals surface area contributed by atoms with Crippen molar-refractivity contribution < 1.29 is 4.79 Å². The minimum absolute atomic E-state index is 0.100. The minimum Gasteiger partial charge on any atom is -0.368 e. The lowest BCUT2D eigenvalue weighted by molar-refractivity contribution is 0.0747. The largest absolute Gasteiger partial charge is 0.368 e. The Morgan fingerprint density at radius 3 is 2.46 bits per heavy atom. The van der Waals surface area contributed by atoms with Crippen LogP contribution in [-0.4, -0.2) is 46.5 Å². The van der Waals surface area contributed by atoms with E-state index in [0.29, 0.717) is 0 Å². The van der Waals surface area contributed by atoms with Gasteiger partial charge in [0.2, 0.25) is 0 Å². The molecular formula is C21H24N4O. The smallest absolute Gasteiger partial charge is 0.254 e. The average molecular weight is 348 g/mol. The molecule has 3 aromatic rings. The van der Waals surface area contributed by atoms with Crippen LogP contribution in [0.25, 0.3) is 11.0 Å². The lowest BCUT2D eigenvalue weighted by atomic mass is 10.1. The molecule has 4 rings (SSSR count). The fourth-order valence-corrected chi connectivity index (χ4v) is 3.69. The summed E-state index contributed by atoms with van der Waals surface area (Å²) in [6, 6.07) is 16.3. The van der Waals surface area contributed by atoms with Gasteiger partial charge in [0.1, 0.15) is 5.82 Å². The van der Waals surface area contributed by atoms with Crippen LogP contribution in [0.2, 0.25) is 0 Å². The van der Waals surface area contributed by atoms with Gasteiger partial charge in [0.15, 0.2) is 0 Å². The number of aromatic nitrogens is 2. The summed E-state index contributed by atoms with van der Waals surface area (Å²) in [6.07, 6.45) is 0.885. The molecule has 26 heavy (non-hydrogen) atoms. The molecule has 5 heteroatoms. The number of carbonyl (C=O) groups excluding carboxylic acids is 1.